The van der Waals surface area contributed by atoms with Crippen molar-refractivity contribution in [2.45, 2.75) is 12.3 Å². The van der Waals surface area contributed by atoms with Gasteiger partial charge in [-0.1, -0.05) is 12.1 Å². The van der Waals surface area contributed by atoms with E-state index in [-0.39, 0.29) is 24.1 Å². The molecule has 0 bridgehead atoms. The minimum atomic E-state index is -0.314. The molecule has 0 spiro atoms. The van der Waals surface area contributed by atoms with Crippen LogP contribution in [0.25, 0.3) is 0 Å². The highest BCUT2D eigenvalue weighted by Crippen LogP contribution is 2.42. The number of nitrogens with one attached hydrogen (secondary N) is 1. The number of halogens is 1. The van der Waals surface area contributed by atoms with Gasteiger partial charge >= 0.3 is 0 Å². The van der Waals surface area contributed by atoms with Gasteiger partial charge in [-0.3, -0.25) is 4.79 Å². The van der Waals surface area contributed by atoms with E-state index >= 15 is 0 Å². The average molecular weight is 301 g/mol. The molecule has 4 nitrogen and oxygen atoms in total. The van der Waals surface area contributed by atoms with Crippen molar-refractivity contribution in [1.82, 2.24) is 0 Å². The largest absolute Gasteiger partial charge is 0.493 e. The summed E-state index contributed by atoms with van der Waals surface area (Å²) < 4.78 is 24.1. The van der Waals surface area contributed by atoms with E-state index < -0.39 is 0 Å². The molecule has 0 radical (unpaired) electrons. The van der Waals surface area contributed by atoms with Crippen molar-refractivity contribution in [3.8, 4) is 11.5 Å². The monoisotopic (exact) mass is 301 g/mol. The molecule has 1 atom stereocenters. The summed E-state index contributed by atoms with van der Waals surface area (Å²) in [6, 6.07) is 9.90. The van der Waals surface area contributed by atoms with Crippen LogP contribution in [-0.2, 0) is 4.79 Å². The number of carbonyl (C=O) groups excluding carboxylic acids is 1. The summed E-state index contributed by atoms with van der Waals surface area (Å²) in [5, 5.41) is 2.83. The standard InChI is InChI=1S/C17H16FNO3/c1-21-15-7-13-12(10-4-3-5-11(18)6-10)8-17(20)19-14(13)9-16(15)22-2/h3-7,9,12H,8H2,1-2H3,(H,19,20)/t12-/m0/s1. The van der Waals surface area contributed by atoms with Crippen LogP contribution >= 0.6 is 0 Å². The molecular weight excluding hydrogens is 285 g/mol. The number of methoxy groups -OCH3 is 2. The molecule has 3 rings (SSSR count). The van der Waals surface area contributed by atoms with E-state index in [9.17, 15) is 9.18 Å². The van der Waals surface area contributed by atoms with E-state index in [1.165, 1.54) is 12.1 Å². The summed E-state index contributed by atoms with van der Waals surface area (Å²) >= 11 is 0. The molecule has 1 aliphatic heterocycles. The lowest BCUT2D eigenvalue weighted by atomic mass is 9.84. The number of hydrogen-bond donors (Lipinski definition) is 1. The predicted octanol–water partition coefficient (Wildman–Crippen LogP) is 3.32. The summed E-state index contributed by atoms with van der Waals surface area (Å²) in [5.74, 6) is 0.499. The van der Waals surface area contributed by atoms with Gasteiger partial charge in [-0.05, 0) is 29.3 Å². The molecule has 114 valence electrons. The second-order valence-corrected chi connectivity index (χ2v) is 5.15. The maximum Gasteiger partial charge on any atom is 0.225 e. The van der Waals surface area contributed by atoms with E-state index in [4.69, 9.17) is 9.47 Å². The highest BCUT2D eigenvalue weighted by molar-refractivity contribution is 5.96. The first-order chi connectivity index (χ1) is 10.6. The molecule has 0 saturated heterocycles. The minimum Gasteiger partial charge on any atom is -0.493 e. The molecular formula is C17H16FNO3. The third-order valence-electron chi connectivity index (χ3n) is 3.85. The molecule has 5 heteroatoms. The Bertz CT molecular complexity index is 730. The fourth-order valence-electron chi connectivity index (χ4n) is 2.81. The predicted molar refractivity (Wildman–Crippen MR) is 81.0 cm³/mol. The first-order valence-corrected chi connectivity index (χ1v) is 6.93. The van der Waals surface area contributed by atoms with Gasteiger partial charge in [0.2, 0.25) is 5.91 Å². The van der Waals surface area contributed by atoms with Gasteiger partial charge in [-0.15, -0.1) is 0 Å². The van der Waals surface area contributed by atoms with Gasteiger partial charge in [0.25, 0.3) is 0 Å². The molecule has 1 aliphatic rings. The smallest absolute Gasteiger partial charge is 0.225 e. The topological polar surface area (TPSA) is 47.6 Å². The molecule has 2 aromatic rings. The molecule has 0 unspecified atom stereocenters. The molecule has 0 fully saturated rings. The SMILES string of the molecule is COc1cc2c(cc1OC)[C@H](c1cccc(F)c1)CC(=O)N2. The van der Waals surface area contributed by atoms with Crippen molar-refractivity contribution in [3.05, 3.63) is 53.3 Å². The van der Waals surface area contributed by atoms with Crippen LogP contribution in [0.1, 0.15) is 23.5 Å². The highest BCUT2D eigenvalue weighted by Gasteiger charge is 2.28. The second kappa shape index (κ2) is 5.67. The first kappa shape index (κ1) is 14.4. The number of fused-ring (bicyclic) bond motifs is 1. The maximum atomic E-state index is 13.5. The highest BCUT2D eigenvalue weighted by atomic mass is 19.1. The number of hydrogen-bond acceptors (Lipinski definition) is 3. The molecule has 0 aromatic heterocycles. The van der Waals surface area contributed by atoms with Gasteiger partial charge in [0.15, 0.2) is 11.5 Å². The van der Waals surface area contributed by atoms with Crippen molar-refractivity contribution in [3.63, 3.8) is 0 Å². The summed E-state index contributed by atoms with van der Waals surface area (Å²) in [7, 11) is 3.10. The van der Waals surface area contributed by atoms with Gasteiger partial charge in [0.05, 0.1) is 14.2 Å². The number of amides is 1. The first-order valence-electron chi connectivity index (χ1n) is 6.93. The molecule has 1 amide bonds. The van der Waals surface area contributed by atoms with Crippen molar-refractivity contribution in [2.24, 2.45) is 0 Å². The lowest BCUT2D eigenvalue weighted by Crippen LogP contribution is -2.23. The van der Waals surface area contributed by atoms with Crippen molar-refractivity contribution in [2.75, 3.05) is 19.5 Å². The van der Waals surface area contributed by atoms with E-state index in [1.807, 2.05) is 12.1 Å². The van der Waals surface area contributed by atoms with E-state index in [1.54, 1.807) is 26.4 Å². The van der Waals surface area contributed by atoms with Crippen LogP contribution in [0.3, 0.4) is 0 Å². The quantitative estimate of drug-likeness (QED) is 0.946. The van der Waals surface area contributed by atoms with Crippen LogP contribution < -0.4 is 14.8 Å². The fraction of sp³-hybridized carbons (Fsp3) is 0.235. The summed E-state index contributed by atoms with van der Waals surface area (Å²) in [5.41, 5.74) is 2.33. The molecule has 0 aliphatic carbocycles. The van der Waals surface area contributed by atoms with Crippen LogP contribution in [0.4, 0.5) is 10.1 Å². The Balaban J connectivity index is 2.14. The number of carbonyl (C=O) groups is 1. The number of benzene rings is 2. The summed E-state index contributed by atoms with van der Waals surface area (Å²) in [4.78, 5) is 12.0. The Kier molecular flexibility index (Phi) is 3.71. The third kappa shape index (κ3) is 2.50. The van der Waals surface area contributed by atoms with Crippen LogP contribution in [0.2, 0.25) is 0 Å². The fourth-order valence-corrected chi connectivity index (χ4v) is 2.81. The van der Waals surface area contributed by atoms with Crippen molar-refractivity contribution >= 4 is 11.6 Å². The van der Waals surface area contributed by atoms with Gasteiger partial charge in [-0.2, -0.15) is 0 Å². The van der Waals surface area contributed by atoms with Crippen LogP contribution in [-0.4, -0.2) is 20.1 Å². The van der Waals surface area contributed by atoms with Gasteiger partial charge in [0.1, 0.15) is 5.82 Å². The second-order valence-electron chi connectivity index (χ2n) is 5.15. The van der Waals surface area contributed by atoms with Gasteiger partial charge in [0, 0.05) is 24.1 Å². The van der Waals surface area contributed by atoms with Crippen LogP contribution in [0, 0.1) is 5.82 Å². The van der Waals surface area contributed by atoms with E-state index in [2.05, 4.69) is 5.32 Å². The lowest BCUT2D eigenvalue weighted by molar-refractivity contribution is -0.116. The average Bonchev–Trinajstić information content (AvgIpc) is 2.52. The zero-order valence-electron chi connectivity index (χ0n) is 12.4. The van der Waals surface area contributed by atoms with Crippen LogP contribution in [0.15, 0.2) is 36.4 Å². The normalized spacial score (nSPS) is 16.7. The number of anilines is 1. The molecule has 22 heavy (non-hydrogen) atoms. The Morgan fingerprint density at radius 1 is 1.14 bits per heavy atom. The van der Waals surface area contributed by atoms with Crippen molar-refractivity contribution < 1.29 is 18.7 Å². The lowest BCUT2D eigenvalue weighted by Gasteiger charge is -2.27. The van der Waals surface area contributed by atoms with Gasteiger partial charge < -0.3 is 14.8 Å². The Hall–Kier alpha value is -2.56. The van der Waals surface area contributed by atoms with Crippen molar-refractivity contribution in [1.29, 1.82) is 0 Å². The number of ether oxygens (including phenoxy) is 2. The Morgan fingerprint density at radius 2 is 1.86 bits per heavy atom. The zero-order valence-corrected chi connectivity index (χ0v) is 12.4. The van der Waals surface area contributed by atoms with Gasteiger partial charge in [-0.25, -0.2) is 4.39 Å². The minimum absolute atomic E-state index is 0.103. The van der Waals surface area contributed by atoms with E-state index in [0.29, 0.717) is 17.2 Å². The Morgan fingerprint density at radius 3 is 2.55 bits per heavy atom. The molecule has 1 N–H and O–H groups in total. The third-order valence-corrected chi connectivity index (χ3v) is 3.85. The molecule has 0 saturated carbocycles. The summed E-state index contributed by atoms with van der Waals surface area (Å²) in [6.45, 7) is 0. The van der Waals surface area contributed by atoms with E-state index in [0.717, 1.165) is 11.1 Å². The number of rotatable bonds is 3. The van der Waals surface area contributed by atoms with Crippen LogP contribution in [0.5, 0.6) is 11.5 Å². The maximum absolute atomic E-state index is 13.5. The Labute approximate surface area is 127 Å². The molecule has 2 aromatic carbocycles. The zero-order chi connectivity index (χ0) is 15.7. The summed E-state index contributed by atoms with van der Waals surface area (Å²) in [6.07, 6.45) is 0.270. The molecule has 1 heterocycles.